The lowest BCUT2D eigenvalue weighted by Gasteiger charge is -1.97. The summed E-state index contributed by atoms with van der Waals surface area (Å²) in [6.07, 6.45) is 3.68. The summed E-state index contributed by atoms with van der Waals surface area (Å²) in [4.78, 5) is 5.11. The molecule has 5 nitrogen and oxygen atoms in total. The Bertz CT molecular complexity index is 625. The Hall–Kier alpha value is -2.26. The van der Waals surface area contributed by atoms with Crippen molar-refractivity contribution >= 4 is 23.9 Å². The first-order chi connectivity index (χ1) is 9.22. The first kappa shape index (κ1) is 13.2. The minimum atomic E-state index is 0.201. The summed E-state index contributed by atoms with van der Waals surface area (Å²) in [6.45, 7) is 1.68. The fraction of sp³-hybridized carbons (Fsp3) is 0.154. The van der Waals surface area contributed by atoms with Crippen LogP contribution in [0.4, 0.5) is 5.88 Å². The van der Waals surface area contributed by atoms with Crippen molar-refractivity contribution in [3.05, 3.63) is 41.4 Å². The van der Waals surface area contributed by atoms with E-state index < -0.39 is 0 Å². The zero-order valence-electron chi connectivity index (χ0n) is 10.5. The maximum atomic E-state index is 8.84. The van der Waals surface area contributed by atoms with Gasteiger partial charge in [-0.25, -0.2) is 10.4 Å². The van der Waals surface area contributed by atoms with Crippen LogP contribution in [-0.2, 0) is 0 Å². The number of hydrogen-bond acceptors (Lipinski definition) is 6. The number of nitrogens with zero attached hydrogens (tertiary/aromatic N) is 3. The van der Waals surface area contributed by atoms with Crippen LogP contribution in [0.3, 0.4) is 0 Å². The number of hydrazone groups is 1. The van der Waals surface area contributed by atoms with Crippen LogP contribution in [-0.4, -0.2) is 17.5 Å². The summed E-state index contributed by atoms with van der Waals surface area (Å²) in [5.41, 5.74) is 3.83. The van der Waals surface area contributed by atoms with Gasteiger partial charge < -0.3 is 4.42 Å². The number of nitrogens with one attached hydrogen (secondary N) is 1. The average Bonchev–Trinajstić information content (AvgIpc) is 2.80. The number of nitriles is 1. The van der Waals surface area contributed by atoms with Crippen LogP contribution in [0.5, 0.6) is 0 Å². The van der Waals surface area contributed by atoms with Crippen molar-refractivity contribution in [2.45, 2.75) is 11.8 Å². The molecule has 2 rings (SSSR count). The Kier molecular flexibility index (Phi) is 4.21. The number of benzene rings is 1. The Morgan fingerprint density at radius 3 is 2.79 bits per heavy atom. The predicted molar refractivity (Wildman–Crippen MR) is 75.4 cm³/mol. The van der Waals surface area contributed by atoms with E-state index in [1.807, 2.05) is 36.6 Å². The molecule has 6 heteroatoms. The Labute approximate surface area is 115 Å². The van der Waals surface area contributed by atoms with Crippen molar-refractivity contribution in [3.8, 4) is 6.07 Å². The van der Waals surface area contributed by atoms with Crippen molar-refractivity contribution in [2.24, 2.45) is 5.10 Å². The smallest absolute Gasteiger partial charge is 0.252 e. The molecule has 0 saturated carbocycles. The van der Waals surface area contributed by atoms with E-state index in [9.17, 15) is 0 Å². The molecule has 1 N–H and O–H groups in total. The first-order valence-electron chi connectivity index (χ1n) is 5.53. The Morgan fingerprint density at radius 2 is 2.16 bits per heavy atom. The highest BCUT2D eigenvalue weighted by molar-refractivity contribution is 7.98. The summed E-state index contributed by atoms with van der Waals surface area (Å²) < 4.78 is 5.22. The molecule has 0 unspecified atom stereocenters. The van der Waals surface area contributed by atoms with Crippen LogP contribution in [0.1, 0.15) is 17.1 Å². The third-order valence-corrected chi connectivity index (χ3v) is 3.08. The van der Waals surface area contributed by atoms with Gasteiger partial charge in [0.1, 0.15) is 6.07 Å². The normalized spacial score (nSPS) is 10.6. The molecule has 1 aromatic carbocycles. The highest BCUT2D eigenvalue weighted by atomic mass is 32.2. The van der Waals surface area contributed by atoms with Gasteiger partial charge in [0, 0.05) is 11.8 Å². The molecule has 1 heterocycles. The van der Waals surface area contributed by atoms with E-state index in [2.05, 4.69) is 15.5 Å². The van der Waals surface area contributed by atoms with Crippen LogP contribution in [0.15, 0.2) is 38.7 Å². The highest BCUT2D eigenvalue weighted by Gasteiger charge is 2.08. The number of aryl methyl sites for hydroxylation is 1. The second-order valence-corrected chi connectivity index (χ2v) is 4.55. The molecule has 0 saturated heterocycles. The summed E-state index contributed by atoms with van der Waals surface area (Å²) in [5.74, 6) is 0.690. The van der Waals surface area contributed by atoms with Crippen molar-refractivity contribution in [1.29, 1.82) is 5.26 Å². The quantitative estimate of drug-likeness (QED) is 0.526. The monoisotopic (exact) mass is 272 g/mol. The van der Waals surface area contributed by atoms with Gasteiger partial charge in [0.2, 0.25) is 5.69 Å². The van der Waals surface area contributed by atoms with Gasteiger partial charge in [-0.3, -0.25) is 0 Å². The molecule has 0 atom stereocenters. The van der Waals surface area contributed by atoms with Crippen molar-refractivity contribution in [1.82, 2.24) is 4.98 Å². The first-order valence-corrected chi connectivity index (χ1v) is 6.76. The molecule has 0 aliphatic carbocycles. The van der Waals surface area contributed by atoms with Crippen molar-refractivity contribution in [2.75, 3.05) is 11.7 Å². The molecule has 0 spiro atoms. The summed E-state index contributed by atoms with van der Waals surface area (Å²) >= 11 is 1.69. The maximum Gasteiger partial charge on any atom is 0.252 e. The molecule has 1 aromatic heterocycles. The van der Waals surface area contributed by atoms with E-state index in [4.69, 9.17) is 9.68 Å². The zero-order chi connectivity index (χ0) is 13.7. The lowest BCUT2D eigenvalue weighted by Crippen LogP contribution is -1.91. The molecule has 0 aliphatic rings. The van der Waals surface area contributed by atoms with Gasteiger partial charge in [0.05, 0.1) is 6.21 Å². The fourth-order valence-electron chi connectivity index (χ4n) is 1.43. The largest absolute Gasteiger partial charge is 0.422 e. The lowest BCUT2D eigenvalue weighted by atomic mass is 10.2. The molecule has 0 fully saturated rings. The van der Waals surface area contributed by atoms with Crippen molar-refractivity contribution in [3.63, 3.8) is 0 Å². The summed E-state index contributed by atoms with van der Waals surface area (Å²) in [6, 6.07) is 9.91. The van der Waals surface area contributed by atoms with Crippen LogP contribution < -0.4 is 5.43 Å². The van der Waals surface area contributed by atoms with Crippen LogP contribution in [0.25, 0.3) is 0 Å². The third kappa shape index (κ3) is 3.36. The average molecular weight is 272 g/mol. The molecular formula is C13H12N4OS. The van der Waals surface area contributed by atoms with Gasteiger partial charge in [-0.2, -0.15) is 10.4 Å². The van der Waals surface area contributed by atoms with Gasteiger partial charge in [0.25, 0.3) is 5.88 Å². The highest BCUT2D eigenvalue weighted by Crippen LogP contribution is 2.16. The maximum absolute atomic E-state index is 8.84. The van der Waals surface area contributed by atoms with Crippen LogP contribution >= 0.6 is 11.8 Å². The van der Waals surface area contributed by atoms with E-state index in [-0.39, 0.29) is 11.6 Å². The molecule has 0 aliphatic heterocycles. The van der Waals surface area contributed by atoms with Gasteiger partial charge in [-0.15, -0.1) is 11.8 Å². The van der Waals surface area contributed by atoms with E-state index in [1.54, 1.807) is 24.9 Å². The standard InChI is InChI=1S/C13H12N4OS/c1-9-16-12(7-14)13(18-9)17-15-8-10-3-5-11(19-2)6-4-10/h3-6,8,17H,1-2H3/b15-8+. The second-order valence-electron chi connectivity index (χ2n) is 3.67. The fourth-order valence-corrected chi connectivity index (χ4v) is 1.84. The number of oxazole rings is 1. The molecule has 0 amide bonds. The van der Waals surface area contributed by atoms with Gasteiger partial charge in [0.15, 0.2) is 5.89 Å². The van der Waals surface area contributed by atoms with E-state index in [0.717, 1.165) is 5.56 Å². The number of anilines is 1. The van der Waals surface area contributed by atoms with E-state index in [1.165, 1.54) is 4.90 Å². The number of thioether (sulfide) groups is 1. The van der Waals surface area contributed by atoms with Gasteiger partial charge in [-0.05, 0) is 24.0 Å². The molecule has 96 valence electrons. The summed E-state index contributed by atoms with van der Waals surface area (Å²) in [5, 5.41) is 12.9. The number of rotatable bonds is 4. The third-order valence-electron chi connectivity index (χ3n) is 2.34. The minimum absolute atomic E-state index is 0.201. The molecule has 2 aromatic rings. The molecular weight excluding hydrogens is 260 g/mol. The Morgan fingerprint density at radius 1 is 1.42 bits per heavy atom. The number of hydrogen-bond donors (Lipinski definition) is 1. The topological polar surface area (TPSA) is 74.2 Å². The zero-order valence-corrected chi connectivity index (χ0v) is 11.4. The van der Waals surface area contributed by atoms with Crippen molar-refractivity contribution < 1.29 is 4.42 Å². The van der Waals surface area contributed by atoms with Crippen LogP contribution in [0.2, 0.25) is 0 Å². The molecule has 19 heavy (non-hydrogen) atoms. The molecule has 0 radical (unpaired) electrons. The van der Waals surface area contributed by atoms with Gasteiger partial charge in [-0.1, -0.05) is 12.1 Å². The minimum Gasteiger partial charge on any atom is -0.422 e. The molecule has 0 bridgehead atoms. The van der Waals surface area contributed by atoms with Gasteiger partial charge >= 0.3 is 0 Å². The SMILES string of the molecule is CSc1ccc(/C=N/Nc2oc(C)nc2C#N)cc1. The van der Waals surface area contributed by atoms with E-state index >= 15 is 0 Å². The lowest BCUT2D eigenvalue weighted by molar-refractivity contribution is 0.533. The summed E-state index contributed by atoms with van der Waals surface area (Å²) in [7, 11) is 0. The number of aromatic nitrogens is 1. The van der Waals surface area contributed by atoms with E-state index in [0.29, 0.717) is 5.89 Å². The predicted octanol–water partition coefficient (Wildman–Crippen LogP) is 3.02. The second kappa shape index (κ2) is 6.07. The van der Waals surface area contributed by atoms with Crippen LogP contribution in [0, 0.1) is 18.3 Å². The Balaban J connectivity index is 2.04.